The van der Waals surface area contributed by atoms with Gasteiger partial charge in [0.15, 0.2) is 0 Å². The van der Waals surface area contributed by atoms with Crippen molar-refractivity contribution >= 4 is 13.9 Å². The molecule has 1 aliphatic carbocycles. The molecule has 1 nitrogen and oxygen atoms in total. The van der Waals surface area contributed by atoms with Crippen LogP contribution in [0.25, 0.3) is 0 Å². The smallest absolute Gasteiger partial charge is 0.137 e. The van der Waals surface area contributed by atoms with Crippen LogP contribution in [-0.4, -0.2) is 13.9 Å². The summed E-state index contributed by atoms with van der Waals surface area (Å²) >= 11 is 0. The molecular weight excluding hydrogens is 200 g/mol. The summed E-state index contributed by atoms with van der Waals surface area (Å²) < 4.78 is 0. The molecule has 1 aliphatic rings. The van der Waals surface area contributed by atoms with E-state index in [1.54, 1.807) is 6.92 Å². The number of Topliss-reactive ketones (excluding diaryl/α,β-unsaturated/α-hetero) is 1. The average molecular weight is 224 g/mol. The second-order valence-corrected chi connectivity index (χ2v) is 11.5. The van der Waals surface area contributed by atoms with Crippen molar-refractivity contribution in [3.05, 3.63) is 11.6 Å². The summed E-state index contributed by atoms with van der Waals surface area (Å²) in [4.78, 5) is 11.7. The van der Waals surface area contributed by atoms with Crippen molar-refractivity contribution in [2.24, 2.45) is 11.8 Å². The zero-order valence-electron chi connectivity index (χ0n) is 10.8. The van der Waals surface area contributed by atoms with E-state index in [0.717, 1.165) is 6.42 Å². The molecular formula is C13H24OSi. The highest BCUT2D eigenvalue weighted by molar-refractivity contribution is 6.76. The summed E-state index contributed by atoms with van der Waals surface area (Å²) in [5.41, 5.74) is 1.39. The van der Waals surface area contributed by atoms with E-state index in [1.807, 2.05) is 0 Å². The van der Waals surface area contributed by atoms with E-state index in [9.17, 15) is 4.79 Å². The Morgan fingerprint density at radius 1 is 1.47 bits per heavy atom. The third-order valence-electron chi connectivity index (χ3n) is 3.36. The lowest BCUT2D eigenvalue weighted by molar-refractivity contribution is -0.120. The van der Waals surface area contributed by atoms with E-state index >= 15 is 0 Å². The maximum absolute atomic E-state index is 11.7. The van der Waals surface area contributed by atoms with E-state index in [-0.39, 0.29) is 5.92 Å². The van der Waals surface area contributed by atoms with E-state index in [4.69, 9.17) is 0 Å². The number of allylic oxidation sites excluding steroid dienone is 2. The van der Waals surface area contributed by atoms with Gasteiger partial charge in [-0.05, 0) is 32.6 Å². The van der Waals surface area contributed by atoms with Gasteiger partial charge in [0.1, 0.15) is 5.78 Å². The quantitative estimate of drug-likeness (QED) is 0.525. The molecule has 0 bridgehead atoms. The van der Waals surface area contributed by atoms with Crippen LogP contribution in [0.2, 0.25) is 25.7 Å². The Bertz CT molecular complexity index is 273. The van der Waals surface area contributed by atoms with Gasteiger partial charge in [-0.15, -0.1) is 0 Å². The van der Waals surface area contributed by atoms with Crippen molar-refractivity contribution < 1.29 is 4.79 Å². The standard InChI is InChI=1S/C13H24OSi/c1-6-11-7-8-12(9-15(3,4)5)13(11)10(2)14/h6,12-13H,7-9H2,1-5H3/b11-6-/t12-,13-/m0/s1. The topological polar surface area (TPSA) is 17.1 Å². The summed E-state index contributed by atoms with van der Waals surface area (Å²) in [5.74, 6) is 1.27. The maximum Gasteiger partial charge on any atom is 0.137 e. The second-order valence-electron chi connectivity index (χ2n) is 6.02. The molecule has 0 saturated heterocycles. The molecule has 0 radical (unpaired) electrons. The molecule has 15 heavy (non-hydrogen) atoms. The van der Waals surface area contributed by atoms with Gasteiger partial charge >= 0.3 is 0 Å². The number of hydrogen-bond acceptors (Lipinski definition) is 1. The predicted molar refractivity (Wildman–Crippen MR) is 68.8 cm³/mol. The van der Waals surface area contributed by atoms with E-state index < -0.39 is 8.07 Å². The zero-order valence-corrected chi connectivity index (χ0v) is 11.8. The van der Waals surface area contributed by atoms with Gasteiger partial charge in [-0.25, -0.2) is 0 Å². The molecule has 86 valence electrons. The minimum atomic E-state index is -1.03. The number of carbonyl (C=O) groups is 1. The molecule has 0 amide bonds. The van der Waals surface area contributed by atoms with Crippen LogP contribution in [0.5, 0.6) is 0 Å². The van der Waals surface area contributed by atoms with Crippen molar-refractivity contribution in [1.82, 2.24) is 0 Å². The fraction of sp³-hybridized carbons (Fsp3) is 0.769. The van der Waals surface area contributed by atoms with Crippen molar-refractivity contribution in [2.45, 2.75) is 52.4 Å². The lowest BCUT2D eigenvalue weighted by atomic mass is 9.91. The van der Waals surface area contributed by atoms with Gasteiger partial charge in [-0.1, -0.05) is 37.3 Å². The van der Waals surface area contributed by atoms with Crippen LogP contribution in [0.3, 0.4) is 0 Å². The SMILES string of the molecule is C/C=C1/CC[C@@H](C[Si](C)(C)C)[C@H]1C(C)=O. The average Bonchev–Trinajstić information content (AvgIpc) is 2.44. The Morgan fingerprint density at radius 3 is 2.47 bits per heavy atom. The third kappa shape index (κ3) is 3.30. The van der Waals surface area contributed by atoms with Crippen LogP contribution >= 0.6 is 0 Å². The predicted octanol–water partition coefficient (Wildman–Crippen LogP) is 3.89. The maximum atomic E-state index is 11.7. The van der Waals surface area contributed by atoms with E-state index in [1.165, 1.54) is 18.0 Å². The zero-order chi connectivity index (χ0) is 11.6. The van der Waals surface area contributed by atoms with Crippen LogP contribution in [-0.2, 0) is 4.79 Å². The van der Waals surface area contributed by atoms with Gasteiger partial charge in [-0.3, -0.25) is 4.79 Å². The summed E-state index contributed by atoms with van der Waals surface area (Å²) in [6, 6.07) is 1.30. The first kappa shape index (κ1) is 12.7. The van der Waals surface area contributed by atoms with Crippen LogP contribution in [0.15, 0.2) is 11.6 Å². The van der Waals surface area contributed by atoms with Gasteiger partial charge in [0.25, 0.3) is 0 Å². The fourth-order valence-corrected chi connectivity index (χ4v) is 4.91. The van der Waals surface area contributed by atoms with Crippen LogP contribution in [0, 0.1) is 11.8 Å². The normalized spacial score (nSPS) is 29.8. The minimum absolute atomic E-state index is 0.252. The van der Waals surface area contributed by atoms with Gasteiger partial charge in [0.05, 0.1) is 0 Å². The van der Waals surface area contributed by atoms with E-state index in [2.05, 4.69) is 32.6 Å². The lowest BCUT2D eigenvalue weighted by Crippen LogP contribution is -2.28. The lowest BCUT2D eigenvalue weighted by Gasteiger charge is -2.25. The molecule has 0 aliphatic heterocycles. The fourth-order valence-electron chi connectivity index (χ4n) is 2.90. The van der Waals surface area contributed by atoms with Crippen molar-refractivity contribution in [3.63, 3.8) is 0 Å². The first-order valence-corrected chi connectivity index (χ1v) is 9.71. The number of rotatable bonds is 3. The molecule has 0 aromatic carbocycles. The van der Waals surface area contributed by atoms with Crippen LogP contribution < -0.4 is 0 Å². The monoisotopic (exact) mass is 224 g/mol. The molecule has 1 saturated carbocycles. The first-order valence-electron chi connectivity index (χ1n) is 6.00. The van der Waals surface area contributed by atoms with Crippen molar-refractivity contribution in [2.75, 3.05) is 0 Å². The Labute approximate surface area is 95.0 Å². The van der Waals surface area contributed by atoms with Crippen LogP contribution in [0.1, 0.15) is 26.7 Å². The molecule has 2 atom stereocenters. The van der Waals surface area contributed by atoms with Crippen LogP contribution in [0.4, 0.5) is 0 Å². The summed E-state index contributed by atoms with van der Waals surface area (Å²) in [6.45, 7) is 11.0. The molecule has 0 aromatic heterocycles. The molecule has 0 unspecified atom stereocenters. The highest BCUT2D eigenvalue weighted by atomic mass is 28.3. The van der Waals surface area contributed by atoms with Crippen molar-refractivity contribution in [3.8, 4) is 0 Å². The second kappa shape index (κ2) is 4.65. The Morgan fingerprint density at radius 2 is 2.07 bits per heavy atom. The molecule has 1 rings (SSSR count). The van der Waals surface area contributed by atoms with Gasteiger partial charge < -0.3 is 0 Å². The molecule has 0 N–H and O–H groups in total. The molecule has 2 heteroatoms. The first-order chi connectivity index (χ1) is 6.85. The summed E-state index contributed by atoms with van der Waals surface area (Å²) in [6.07, 6.45) is 4.54. The number of ketones is 1. The Hall–Kier alpha value is -0.373. The number of hydrogen-bond donors (Lipinski definition) is 0. The Balaban J connectivity index is 2.79. The van der Waals surface area contributed by atoms with Crippen molar-refractivity contribution in [1.29, 1.82) is 0 Å². The largest absolute Gasteiger partial charge is 0.299 e. The molecule has 0 aromatic rings. The summed E-state index contributed by atoms with van der Waals surface area (Å²) in [7, 11) is -1.03. The van der Waals surface area contributed by atoms with Gasteiger partial charge in [0.2, 0.25) is 0 Å². The number of carbonyl (C=O) groups excluding carboxylic acids is 1. The molecule has 0 heterocycles. The summed E-state index contributed by atoms with van der Waals surface area (Å²) in [5, 5.41) is 0. The highest BCUT2D eigenvalue weighted by Crippen LogP contribution is 2.41. The Kier molecular flexibility index (Phi) is 3.93. The van der Waals surface area contributed by atoms with Gasteiger partial charge in [0, 0.05) is 14.0 Å². The highest BCUT2D eigenvalue weighted by Gasteiger charge is 2.36. The molecule has 0 spiro atoms. The molecule has 1 fully saturated rings. The third-order valence-corrected chi connectivity index (χ3v) is 5.11. The van der Waals surface area contributed by atoms with Gasteiger partial charge in [-0.2, -0.15) is 0 Å². The minimum Gasteiger partial charge on any atom is -0.299 e. The van der Waals surface area contributed by atoms with E-state index in [0.29, 0.717) is 11.7 Å².